The van der Waals surface area contributed by atoms with E-state index in [2.05, 4.69) is 32.5 Å². The van der Waals surface area contributed by atoms with Gasteiger partial charge in [0.05, 0.1) is 28.6 Å². The Morgan fingerprint density at radius 2 is 1.90 bits per heavy atom. The average Bonchev–Trinajstić information content (AvgIpc) is 3.55. The predicted molar refractivity (Wildman–Crippen MR) is 154 cm³/mol. The monoisotopic (exact) mass is 554 g/mol. The number of hydrogen-bond donors (Lipinski definition) is 3. The highest BCUT2D eigenvalue weighted by molar-refractivity contribution is 7.21. The van der Waals surface area contributed by atoms with Gasteiger partial charge >= 0.3 is 6.03 Å². The fourth-order valence-electron chi connectivity index (χ4n) is 5.19. The van der Waals surface area contributed by atoms with Crippen molar-refractivity contribution in [2.75, 3.05) is 10.2 Å². The van der Waals surface area contributed by atoms with Gasteiger partial charge in [0, 0.05) is 24.3 Å². The molecule has 11 heteroatoms. The van der Waals surface area contributed by atoms with E-state index in [0.29, 0.717) is 43.8 Å². The van der Waals surface area contributed by atoms with Crippen molar-refractivity contribution in [3.05, 3.63) is 78.0 Å². The Labute approximate surface area is 234 Å². The summed E-state index contributed by atoms with van der Waals surface area (Å²) in [7, 11) is 0. The van der Waals surface area contributed by atoms with Crippen LogP contribution in [0.25, 0.3) is 10.2 Å². The normalized spacial score (nSPS) is 17.8. The first-order valence-electron chi connectivity index (χ1n) is 12.9. The summed E-state index contributed by atoms with van der Waals surface area (Å²) in [6, 6.07) is 12.1. The van der Waals surface area contributed by atoms with Crippen molar-refractivity contribution in [3.8, 4) is 11.6 Å². The largest absolute Gasteiger partial charge is 0.439 e. The van der Waals surface area contributed by atoms with E-state index in [-0.39, 0.29) is 23.9 Å². The van der Waals surface area contributed by atoms with E-state index in [0.717, 1.165) is 24.8 Å². The van der Waals surface area contributed by atoms with Crippen molar-refractivity contribution < 1.29 is 19.1 Å². The lowest BCUT2D eigenvalue weighted by Gasteiger charge is -2.29. The van der Waals surface area contributed by atoms with E-state index >= 15 is 0 Å². The zero-order valence-corrected chi connectivity index (χ0v) is 22.5. The Kier molecular flexibility index (Phi) is 6.64. The van der Waals surface area contributed by atoms with E-state index in [9.17, 15) is 14.4 Å². The van der Waals surface area contributed by atoms with Crippen LogP contribution in [-0.4, -0.2) is 39.9 Å². The fourth-order valence-corrected chi connectivity index (χ4v) is 6.21. The molecule has 2 atom stereocenters. The van der Waals surface area contributed by atoms with Crippen molar-refractivity contribution >= 4 is 56.5 Å². The second kappa shape index (κ2) is 10.4. The Morgan fingerprint density at radius 1 is 1.12 bits per heavy atom. The van der Waals surface area contributed by atoms with Crippen LogP contribution < -0.4 is 25.6 Å². The van der Waals surface area contributed by atoms with E-state index in [1.54, 1.807) is 24.5 Å². The third-order valence-electron chi connectivity index (χ3n) is 7.06. The minimum absolute atomic E-state index is 0.178. The van der Waals surface area contributed by atoms with Crippen molar-refractivity contribution in [1.29, 1.82) is 0 Å². The number of pyridine rings is 2. The van der Waals surface area contributed by atoms with E-state index < -0.39 is 6.03 Å². The fraction of sp³-hybridized carbons (Fsp3) is 0.207. The molecule has 1 aliphatic heterocycles. The summed E-state index contributed by atoms with van der Waals surface area (Å²) in [5.41, 5.74) is 2.41. The molecule has 0 spiro atoms. The van der Waals surface area contributed by atoms with Gasteiger partial charge in [-0.25, -0.2) is 14.8 Å². The summed E-state index contributed by atoms with van der Waals surface area (Å²) >= 11 is 1.22. The maximum absolute atomic E-state index is 13.5. The van der Waals surface area contributed by atoms with Crippen LogP contribution >= 0.6 is 11.3 Å². The van der Waals surface area contributed by atoms with Gasteiger partial charge in [-0.2, -0.15) is 0 Å². The van der Waals surface area contributed by atoms with Crippen molar-refractivity contribution in [2.24, 2.45) is 0 Å². The number of aromatic nitrogens is 2. The third-order valence-corrected chi connectivity index (χ3v) is 8.16. The average molecular weight is 555 g/mol. The highest BCUT2D eigenvalue weighted by atomic mass is 32.1. The number of rotatable bonds is 7. The quantitative estimate of drug-likeness (QED) is 0.262. The van der Waals surface area contributed by atoms with Crippen molar-refractivity contribution in [1.82, 2.24) is 20.6 Å². The minimum atomic E-state index is -0.411. The molecule has 1 aromatic carbocycles. The van der Waals surface area contributed by atoms with Crippen LogP contribution in [0.2, 0.25) is 0 Å². The van der Waals surface area contributed by atoms with Gasteiger partial charge in [-0.1, -0.05) is 24.8 Å². The summed E-state index contributed by atoms with van der Waals surface area (Å²) in [6.45, 7) is 5.38. The highest BCUT2D eigenvalue weighted by Crippen LogP contribution is 2.46. The van der Waals surface area contributed by atoms with Crippen LogP contribution in [0.1, 0.15) is 34.5 Å². The van der Waals surface area contributed by atoms with Gasteiger partial charge < -0.3 is 20.7 Å². The maximum Gasteiger partial charge on any atom is 0.331 e. The Balaban J connectivity index is 1.30. The smallest absolute Gasteiger partial charge is 0.331 e. The summed E-state index contributed by atoms with van der Waals surface area (Å²) < 4.78 is 5.85. The summed E-state index contributed by atoms with van der Waals surface area (Å²) in [6.07, 6.45) is 6.84. The van der Waals surface area contributed by atoms with Crippen LogP contribution in [0.5, 0.6) is 11.6 Å². The molecular weight excluding hydrogens is 528 g/mol. The van der Waals surface area contributed by atoms with E-state index in [4.69, 9.17) is 4.74 Å². The van der Waals surface area contributed by atoms with Gasteiger partial charge in [-0.3, -0.25) is 14.5 Å². The maximum atomic E-state index is 13.5. The number of aryl methyl sites for hydroxylation is 1. The van der Waals surface area contributed by atoms with Crippen LogP contribution in [0.15, 0.2) is 67.5 Å². The molecule has 3 aromatic heterocycles. The van der Waals surface area contributed by atoms with Gasteiger partial charge in [-0.05, 0) is 56.0 Å². The number of para-hydroxylation sites is 1. The molecule has 4 amide bonds. The van der Waals surface area contributed by atoms with Crippen LogP contribution in [0, 0.1) is 6.92 Å². The van der Waals surface area contributed by atoms with Gasteiger partial charge in [0.1, 0.15) is 15.5 Å². The molecule has 4 aromatic rings. The molecule has 4 heterocycles. The molecule has 10 nitrogen and oxygen atoms in total. The molecule has 0 bridgehead atoms. The number of carbonyl (C=O) groups excluding carboxylic acids is 3. The Morgan fingerprint density at radius 3 is 2.65 bits per heavy atom. The van der Waals surface area contributed by atoms with E-state index in [1.165, 1.54) is 22.3 Å². The first-order valence-corrected chi connectivity index (χ1v) is 13.7. The van der Waals surface area contributed by atoms with Crippen LogP contribution in [-0.2, 0) is 4.79 Å². The topological polar surface area (TPSA) is 126 Å². The standard InChI is InChI=1S/C29H26N6O4S/c1-3-22(36)32-18-10-7-11-19(18)33-27(37)26-25-24-20(12-13-30-28(24)40-26)35(29(38)34-25)21-15-31-23(14-16(21)2)39-17-8-5-4-6-9-17/h3-6,8-9,12-15,18-19H,1,7,10-11H2,2H3,(H,32,36)(H,33,37)(H,34,38)/t18-,19-/m1/s1. The third kappa shape index (κ3) is 4.64. The first-order chi connectivity index (χ1) is 19.4. The SMILES string of the molecule is C=CC(=O)N[C@@H]1CCC[C@H]1NC(=O)c1sc2nccc3c2c1NC(=O)N3c1cnc(Oc2ccccc2)cc1C. The zero-order chi connectivity index (χ0) is 27.8. The van der Waals surface area contributed by atoms with Gasteiger partial charge in [0.2, 0.25) is 11.8 Å². The molecule has 202 valence electrons. The second-order valence-corrected chi connectivity index (χ2v) is 10.6. The number of ether oxygens (including phenoxy) is 1. The summed E-state index contributed by atoms with van der Waals surface area (Å²) in [5.74, 6) is 0.486. The van der Waals surface area contributed by atoms with Crippen molar-refractivity contribution in [3.63, 3.8) is 0 Å². The van der Waals surface area contributed by atoms with Gasteiger partial charge in [0.25, 0.3) is 5.91 Å². The van der Waals surface area contributed by atoms with Crippen LogP contribution in [0.3, 0.4) is 0 Å². The molecule has 1 aliphatic carbocycles. The molecule has 0 radical (unpaired) electrons. The predicted octanol–water partition coefficient (Wildman–Crippen LogP) is 5.43. The lowest BCUT2D eigenvalue weighted by Crippen LogP contribution is -2.48. The number of nitrogens with one attached hydrogen (secondary N) is 3. The molecule has 1 fully saturated rings. The zero-order valence-electron chi connectivity index (χ0n) is 21.6. The summed E-state index contributed by atoms with van der Waals surface area (Å²) in [5, 5.41) is 9.55. The molecule has 1 saturated carbocycles. The van der Waals surface area contributed by atoms with Crippen molar-refractivity contribution in [2.45, 2.75) is 38.3 Å². The van der Waals surface area contributed by atoms with Gasteiger partial charge in [-0.15, -0.1) is 11.3 Å². The number of urea groups is 1. The number of thiophene rings is 1. The molecule has 3 N–H and O–H groups in total. The molecular formula is C29H26N6O4S. The molecule has 6 rings (SSSR count). The number of carbonyl (C=O) groups is 3. The molecule has 0 saturated heterocycles. The molecule has 40 heavy (non-hydrogen) atoms. The number of benzene rings is 1. The second-order valence-electron chi connectivity index (χ2n) is 9.64. The number of anilines is 3. The van der Waals surface area contributed by atoms with E-state index in [1.807, 2.05) is 37.3 Å². The lowest BCUT2D eigenvalue weighted by atomic mass is 10.1. The number of nitrogens with zero attached hydrogens (tertiary/aromatic N) is 3. The highest BCUT2D eigenvalue weighted by Gasteiger charge is 2.35. The number of amides is 4. The Bertz CT molecular complexity index is 1650. The minimum Gasteiger partial charge on any atom is -0.439 e. The lowest BCUT2D eigenvalue weighted by molar-refractivity contribution is -0.117. The Hall–Kier alpha value is -4.77. The molecule has 0 unspecified atom stereocenters. The number of hydrogen-bond acceptors (Lipinski definition) is 7. The first kappa shape index (κ1) is 25.5. The molecule has 2 aliphatic rings. The van der Waals surface area contributed by atoms with Gasteiger partial charge in [0.15, 0.2) is 0 Å². The summed E-state index contributed by atoms with van der Waals surface area (Å²) in [4.78, 5) is 50.2. The van der Waals surface area contributed by atoms with Crippen LogP contribution in [0.4, 0.5) is 21.9 Å².